The summed E-state index contributed by atoms with van der Waals surface area (Å²) < 4.78 is 5.57. The number of aryl methyl sites for hydroxylation is 1. The van der Waals surface area contributed by atoms with Crippen LogP contribution in [0.3, 0.4) is 0 Å². The van der Waals surface area contributed by atoms with E-state index in [0.717, 1.165) is 42.4 Å². The summed E-state index contributed by atoms with van der Waals surface area (Å²) in [4.78, 5) is 33.1. The van der Waals surface area contributed by atoms with Gasteiger partial charge in [-0.3, -0.25) is 9.59 Å². The molecule has 1 N–H and O–H groups in total. The van der Waals surface area contributed by atoms with Crippen LogP contribution in [-0.4, -0.2) is 27.7 Å². The minimum atomic E-state index is -0.197. The third kappa shape index (κ3) is 3.26. The van der Waals surface area contributed by atoms with Crippen molar-refractivity contribution in [1.29, 1.82) is 0 Å². The van der Waals surface area contributed by atoms with Gasteiger partial charge in [-0.15, -0.1) is 0 Å². The molecule has 6 nitrogen and oxygen atoms in total. The van der Waals surface area contributed by atoms with E-state index in [-0.39, 0.29) is 17.9 Å². The number of para-hydroxylation sites is 1. The van der Waals surface area contributed by atoms with Crippen molar-refractivity contribution in [2.75, 3.05) is 0 Å². The van der Waals surface area contributed by atoms with Gasteiger partial charge in [-0.1, -0.05) is 37.5 Å². The molecule has 3 heterocycles. The molecule has 3 aromatic rings. The van der Waals surface area contributed by atoms with Gasteiger partial charge < -0.3 is 14.6 Å². The van der Waals surface area contributed by atoms with E-state index in [9.17, 15) is 9.59 Å². The lowest BCUT2D eigenvalue weighted by Gasteiger charge is -2.30. The van der Waals surface area contributed by atoms with Crippen LogP contribution in [0, 0.1) is 6.92 Å². The summed E-state index contributed by atoms with van der Waals surface area (Å²) in [6.45, 7) is 2.64. The van der Waals surface area contributed by atoms with E-state index in [1.54, 1.807) is 0 Å². The van der Waals surface area contributed by atoms with Gasteiger partial charge in [0.2, 0.25) is 0 Å². The molecular formula is C24H25N3O3. The van der Waals surface area contributed by atoms with Crippen LogP contribution in [0.4, 0.5) is 0 Å². The van der Waals surface area contributed by atoms with Crippen LogP contribution in [0.1, 0.15) is 70.0 Å². The Hall–Kier alpha value is -3.15. The lowest BCUT2D eigenvalue weighted by atomic mass is 9.94. The largest absolute Gasteiger partial charge is 0.465 e. The first kappa shape index (κ1) is 18.9. The molecular weight excluding hydrogens is 378 g/mol. The van der Waals surface area contributed by atoms with Crippen LogP contribution < -0.4 is 5.32 Å². The number of hydrogen-bond acceptors (Lipinski definition) is 4. The Balaban J connectivity index is 1.51. The summed E-state index contributed by atoms with van der Waals surface area (Å²) in [6, 6.07) is 11.5. The monoisotopic (exact) mass is 403 g/mol. The Morgan fingerprint density at radius 2 is 1.97 bits per heavy atom. The van der Waals surface area contributed by atoms with E-state index in [0.29, 0.717) is 35.6 Å². The number of nitrogens with zero attached hydrogens (tertiary/aromatic N) is 2. The van der Waals surface area contributed by atoms with Gasteiger partial charge in [0.05, 0.1) is 17.6 Å². The number of fused-ring (bicyclic) bond motifs is 2. The van der Waals surface area contributed by atoms with Crippen LogP contribution in [0.25, 0.3) is 10.9 Å². The van der Waals surface area contributed by atoms with Gasteiger partial charge in [0.25, 0.3) is 11.8 Å². The third-order valence-electron chi connectivity index (χ3n) is 6.25. The van der Waals surface area contributed by atoms with E-state index in [2.05, 4.69) is 10.3 Å². The molecule has 1 saturated carbocycles. The highest BCUT2D eigenvalue weighted by atomic mass is 16.3. The van der Waals surface area contributed by atoms with Crippen molar-refractivity contribution in [3.05, 3.63) is 64.7 Å². The number of pyridine rings is 1. The molecule has 1 fully saturated rings. The average Bonchev–Trinajstić information content (AvgIpc) is 3.34. The number of amides is 2. The summed E-state index contributed by atoms with van der Waals surface area (Å²) in [5.41, 5.74) is 2.41. The van der Waals surface area contributed by atoms with Crippen LogP contribution >= 0.6 is 0 Å². The van der Waals surface area contributed by atoms with Gasteiger partial charge in [-0.25, -0.2) is 4.98 Å². The summed E-state index contributed by atoms with van der Waals surface area (Å²) in [6.07, 6.45) is 5.58. The van der Waals surface area contributed by atoms with E-state index < -0.39 is 0 Å². The molecule has 2 aromatic heterocycles. The fourth-order valence-corrected chi connectivity index (χ4v) is 4.74. The average molecular weight is 403 g/mol. The van der Waals surface area contributed by atoms with E-state index in [1.807, 2.05) is 48.2 Å². The highest BCUT2D eigenvalue weighted by molar-refractivity contribution is 6.11. The van der Waals surface area contributed by atoms with Gasteiger partial charge in [-0.05, 0) is 38.0 Å². The second-order valence-corrected chi connectivity index (χ2v) is 8.25. The first-order chi connectivity index (χ1) is 14.6. The molecule has 0 bridgehead atoms. The highest BCUT2D eigenvalue weighted by Gasteiger charge is 2.37. The molecule has 0 saturated heterocycles. The zero-order valence-corrected chi connectivity index (χ0v) is 17.1. The van der Waals surface area contributed by atoms with Gasteiger partial charge in [0, 0.05) is 23.5 Å². The lowest BCUT2D eigenvalue weighted by molar-refractivity contribution is 0.0655. The first-order valence-corrected chi connectivity index (χ1v) is 10.7. The molecule has 0 unspecified atom stereocenters. The summed E-state index contributed by atoms with van der Waals surface area (Å²) in [5.74, 6) is 1.27. The van der Waals surface area contributed by atoms with E-state index in [1.165, 1.54) is 6.42 Å². The van der Waals surface area contributed by atoms with Gasteiger partial charge in [0.1, 0.15) is 17.2 Å². The minimum absolute atomic E-state index is 0.0432. The van der Waals surface area contributed by atoms with Gasteiger partial charge >= 0.3 is 0 Å². The van der Waals surface area contributed by atoms with Crippen molar-refractivity contribution in [1.82, 2.24) is 15.2 Å². The molecule has 2 amide bonds. The van der Waals surface area contributed by atoms with Crippen molar-refractivity contribution in [3.63, 3.8) is 0 Å². The molecule has 2 aliphatic rings. The van der Waals surface area contributed by atoms with Crippen molar-refractivity contribution in [3.8, 4) is 0 Å². The lowest BCUT2D eigenvalue weighted by Crippen LogP contribution is -2.37. The third-order valence-corrected chi connectivity index (χ3v) is 6.25. The molecule has 6 heteroatoms. The van der Waals surface area contributed by atoms with Crippen molar-refractivity contribution in [2.24, 2.45) is 0 Å². The zero-order valence-electron chi connectivity index (χ0n) is 17.1. The van der Waals surface area contributed by atoms with Crippen LogP contribution in [-0.2, 0) is 13.1 Å². The standard InChI is InChI=1S/C24H25N3O3/c1-15-11-12-17(30-15)13-25-23(28)21-18-9-5-6-10-20(18)26-22-19(21)14-27(24(22)29)16-7-3-2-4-8-16/h5-6,9-12,16H,2-4,7-8,13-14H2,1H3,(H,25,28). The predicted octanol–water partition coefficient (Wildman–Crippen LogP) is 4.35. The Morgan fingerprint density at radius 1 is 1.17 bits per heavy atom. The zero-order chi connectivity index (χ0) is 20.7. The minimum Gasteiger partial charge on any atom is -0.465 e. The fourth-order valence-electron chi connectivity index (χ4n) is 4.74. The number of nitrogens with one attached hydrogen (secondary N) is 1. The van der Waals surface area contributed by atoms with Gasteiger partial charge in [0.15, 0.2) is 0 Å². The number of furan rings is 1. The number of carbonyl (C=O) groups is 2. The quantitative estimate of drug-likeness (QED) is 0.703. The maximum absolute atomic E-state index is 13.3. The van der Waals surface area contributed by atoms with E-state index in [4.69, 9.17) is 4.42 Å². The first-order valence-electron chi connectivity index (χ1n) is 10.7. The normalized spacial score (nSPS) is 16.8. The fraction of sp³-hybridized carbons (Fsp3) is 0.375. The molecule has 1 aliphatic carbocycles. The van der Waals surface area contributed by atoms with Crippen LogP contribution in [0.15, 0.2) is 40.8 Å². The van der Waals surface area contributed by atoms with Crippen LogP contribution in [0.5, 0.6) is 0 Å². The Bertz CT molecular complexity index is 1130. The molecule has 1 aliphatic heterocycles. The van der Waals surface area contributed by atoms with Crippen molar-refractivity contribution in [2.45, 2.75) is 58.2 Å². The van der Waals surface area contributed by atoms with Crippen molar-refractivity contribution >= 4 is 22.7 Å². The topological polar surface area (TPSA) is 75.4 Å². The number of carbonyl (C=O) groups excluding carboxylic acids is 2. The summed E-state index contributed by atoms with van der Waals surface area (Å²) in [7, 11) is 0. The second-order valence-electron chi connectivity index (χ2n) is 8.25. The number of aromatic nitrogens is 1. The molecule has 30 heavy (non-hydrogen) atoms. The number of hydrogen-bond donors (Lipinski definition) is 1. The Morgan fingerprint density at radius 3 is 2.73 bits per heavy atom. The Kier molecular flexibility index (Phi) is 4.77. The number of benzene rings is 1. The van der Waals surface area contributed by atoms with Crippen molar-refractivity contribution < 1.29 is 14.0 Å². The molecule has 154 valence electrons. The molecule has 0 spiro atoms. The molecule has 0 atom stereocenters. The molecule has 0 radical (unpaired) electrons. The maximum Gasteiger partial charge on any atom is 0.273 e. The summed E-state index contributed by atoms with van der Waals surface area (Å²) in [5, 5.41) is 3.75. The smallest absolute Gasteiger partial charge is 0.273 e. The maximum atomic E-state index is 13.3. The molecule has 1 aromatic carbocycles. The molecule has 5 rings (SSSR count). The SMILES string of the molecule is Cc1ccc(CNC(=O)c2c3c(nc4ccccc24)C(=O)N(C2CCCCC2)C3)o1. The highest BCUT2D eigenvalue weighted by Crippen LogP contribution is 2.34. The Labute approximate surface area is 175 Å². The second kappa shape index (κ2) is 7.59. The van der Waals surface area contributed by atoms with Gasteiger partial charge in [-0.2, -0.15) is 0 Å². The summed E-state index contributed by atoms with van der Waals surface area (Å²) >= 11 is 0. The van der Waals surface area contributed by atoms with E-state index >= 15 is 0 Å². The van der Waals surface area contributed by atoms with Crippen LogP contribution in [0.2, 0.25) is 0 Å². The predicted molar refractivity (Wildman–Crippen MR) is 113 cm³/mol. The number of rotatable bonds is 4.